The SMILES string of the molecule is Cc1cc(C)c(S(=O)(=O)NOCC(F)(F)F)c(C)c1. The zero-order valence-corrected chi connectivity index (χ0v) is 11.4. The van der Waals surface area contributed by atoms with E-state index in [-0.39, 0.29) is 4.90 Å². The number of alkyl halides is 3. The van der Waals surface area contributed by atoms with Gasteiger partial charge in [-0.3, -0.25) is 4.84 Å². The molecule has 0 heterocycles. The number of hydrogen-bond acceptors (Lipinski definition) is 3. The first-order valence-electron chi connectivity index (χ1n) is 5.31. The Balaban J connectivity index is 2.96. The van der Waals surface area contributed by atoms with Crippen molar-refractivity contribution in [2.45, 2.75) is 31.8 Å². The van der Waals surface area contributed by atoms with Crippen LogP contribution in [0.1, 0.15) is 16.7 Å². The van der Waals surface area contributed by atoms with E-state index in [0.717, 1.165) is 5.56 Å². The first-order valence-corrected chi connectivity index (χ1v) is 6.79. The standard InChI is InChI=1S/C11H14F3NO3S/c1-7-4-8(2)10(9(3)5-7)19(16,17)15-18-6-11(12,13)14/h4-5,15H,6H2,1-3H3. The van der Waals surface area contributed by atoms with Crippen LogP contribution in [0.25, 0.3) is 0 Å². The van der Waals surface area contributed by atoms with Gasteiger partial charge in [0, 0.05) is 0 Å². The topological polar surface area (TPSA) is 55.4 Å². The second-order valence-corrected chi connectivity index (χ2v) is 5.80. The lowest BCUT2D eigenvalue weighted by molar-refractivity contribution is -0.181. The molecular weight excluding hydrogens is 283 g/mol. The Hall–Kier alpha value is -1.12. The van der Waals surface area contributed by atoms with Crippen molar-refractivity contribution in [2.75, 3.05) is 6.61 Å². The maximum Gasteiger partial charge on any atom is 0.413 e. The van der Waals surface area contributed by atoms with Crippen molar-refractivity contribution in [3.05, 3.63) is 28.8 Å². The summed E-state index contributed by atoms with van der Waals surface area (Å²) in [6.45, 7) is 3.25. The van der Waals surface area contributed by atoms with Crippen molar-refractivity contribution in [1.82, 2.24) is 4.89 Å². The van der Waals surface area contributed by atoms with E-state index >= 15 is 0 Å². The van der Waals surface area contributed by atoms with E-state index in [4.69, 9.17) is 0 Å². The van der Waals surface area contributed by atoms with Gasteiger partial charge in [0.25, 0.3) is 10.0 Å². The lowest BCUT2D eigenvalue weighted by Crippen LogP contribution is -2.30. The molecule has 0 bridgehead atoms. The van der Waals surface area contributed by atoms with Crippen molar-refractivity contribution in [3.63, 3.8) is 0 Å². The van der Waals surface area contributed by atoms with Gasteiger partial charge in [-0.2, -0.15) is 13.2 Å². The van der Waals surface area contributed by atoms with Gasteiger partial charge >= 0.3 is 6.18 Å². The first-order chi connectivity index (χ1) is 8.53. The molecule has 0 radical (unpaired) electrons. The normalized spacial score (nSPS) is 12.7. The van der Waals surface area contributed by atoms with Crippen LogP contribution in [-0.2, 0) is 14.9 Å². The van der Waals surface area contributed by atoms with Gasteiger partial charge < -0.3 is 0 Å². The number of nitrogens with one attached hydrogen (secondary N) is 1. The summed E-state index contributed by atoms with van der Waals surface area (Å²) in [5.41, 5.74) is 1.76. The van der Waals surface area contributed by atoms with Gasteiger partial charge in [0.15, 0.2) is 6.61 Å². The Morgan fingerprint density at radius 1 is 1.16 bits per heavy atom. The summed E-state index contributed by atoms with van der Waals surface area (Å²) < 4.78 is 59.4. The summed E-state index contributed by atoms with van der Waals surface area (Å²) in [6.07, 6.45) is -4.60. The predicted octanol–water partition coefficient (Wildman–Crippen LogP) is 2.38. The number of benzene rings is 1. The van der Waals surface area contributed by atoms with Crippen LogP contribution in [0.5, 0.6) is 0 Å². The molecule has 4 nitrogen and oxygen atoms in total. The molecule has 1 aromatic carbocycles. The molecule has 0 spiro atoms. The number of rotatable bonds is 4. The van der Waals surface area contributed by atoms with Crippen molar-refractivity contribution >= 4 is 10.0 Å². The molecule has 1 aromatic rings. The second kappa shape index (κ2) is 5.48. The summed E-state index contributed by atoms with van der Waals surface area (Å²) >= 11 is 0. The van der Waals surface area contributed by atoms with Gasteiger partial charge in [0.05, 0.1) is 4.90 Å². The molecule has 1 N–H and O–H groups in total. The van der Waals surface area contributed by atoms with E-state index in [1.54, 1.807) is 32.9 Å². The van der Waals surface area contributed by atoms with E-state index in [2.05, 4.69) is 4.84 Å². The summed E-state index contributed by atoms with van der Waals surface area (Å²) in [4.78, 5) is 5.41. The van der Waals surface area contributed by atoms with Gasteiger partial charge in [-0.25, -0.2) is 8.42 Å². The average molecular weight is 297 g/mol. The fourth-order valence-electron chi connectivity index (χ4n) is 1.82. The number of aryl methyl sites for hydroxylation is 3. The fourth-order valence-corrected chi connectivity index (χ4v) is 3.08. The molecule has 0 saturated heterocycles. The molecule has 0 aliphatic carbocycles. The van der Waals surface area contributed by atoms with Crippen molar-refractivity contribution < 1.29 is 26.4 Å². The highest BCUT2D eigenvalue weighted by Gasteiger charge is 2.29. The smallest absolute Gasteiger partial charge is 0.277 e. The molecule has 0 aliphatic heterocycles. The predicted molar refractivity (Wildman–Crippen MR) is 63.0 cm³/mol. The zero-order valence-electron chi connectivity index (χ0n) is 10.6. The van der Waals surface area contributed by atoms with E-state index < -0.39 is 22.8 Å². The molecule has 0 aromatic heterocycles. The Morgan fingerprint density at radius 3 is 2.05 bits per heavy atom. The average Bonchev–Trinajstić information content (AvgIpc) is 2.11. The van der Waals surface area contributed by atoms with Crippen LogP contribution in [0, 0.1) is 20.8 Å². The summed E-state index contributed by atoms with van der Waals surface area (Å²) in [5, 5.41) is 0. The van der Waals surface area contributed by atoms with Gasteiger partial charge in [-0.15, -0.1) is 0 Å². The lowest BCUT2D eigenvalue weighted by atomic mass is 10.1. The third kappa shape index (κ3) is 4.48. The van der Waals surface area contributed by atoms with Gasteiger partial charge in [-0.1, -0.05) is 22.6 Å². The first kappa shape index (κ1) is 15.9. The van der Waals surface area contributed by atoms with Crippen molar-refractivity contribution in [1.29, 1.82) is 0 Å². The van der Waals surface area contributed by atoms with Crippen LogP contribution in [0.4, 0.5) is 13.2 Å². The van der Waals surface area contributed by atoms with E-state index in [1.807, 2.05) is 0 Å². The monoisotopic (exact) mass is 297 g/mol. The van der Waals surface area contributed by atoms with Gasteiger partial charge in [0.2, 0.25) is 0 Å². The molecule has 108 valence electrons. The Labute approximate surface area is 109 Å². The van der Waals surface area contributed by atoms with Crippen LogP contribution in [0.3, 0.4) is 0 Å². The fraction of sp³-hybridized carbons (Fsp3) is 0.455. The van der Waals surface area contributed by atoms with E-state index in [9.17, 15) is 21.6 Å². The van der Waals surface area contributed by atoms with E-state index in [0.29, 0.717) is 11.1 Å². The summed E-state index contributed by atoms with van der Waals surface area (Å²) in [7, 11) is -4.13. The molecule has 19 heavy (non-hydrogen) atoms. The largest absolute Gasteiger partial charge is 0.413 e. The molecular formula is C11H14F3NO3S. The molecule has 0 atom stereocenters. The van der Waals surface area contributed by atoms with Crippen LogP contribution < -0.4 is 4.89 Å². The minimum absolute atomic E-state index is 0.0692. The highest BCUT2D eigenvalue weighted by atomic mass is 32.2. The molecule has 1 rings (SSSR count). The zero-order chi connectivity index (χ0) is 14.8. The summed E-state index contributed by atoms with van der Waals surface area (Å²) in [5.74, 6) is 0. The minimum atomic E-state index is -4.60. The summed E-state index contributed by atoms with van der Waals surface area (Å²) in [6, 6.07) is 3.26. The van der Waals surface area contributed by atoms with Crippen LogP contribution >= 0.6 is 0 Å². The molecule has 0 fully saturated rings. The van der Waals surface area contributed by atoms with Crippen LogP contribution in [0.15, 0.2) is 17.0 Å². The number of sulfonamides is 1. The highest BCUT2D eigenvalue weighted by Crippen LogP contribution is 2.22. The van der Waals surface area contributed by atoms with Crippen molar-refractivity contribution in [2.24, 2.45) is 0 Å². The Morgan fingerprint density at radius 2 is 1.63 bits per heavy atom. The van der Waals surface area contributed by atoms with Crippen molar-refractivity contribution in [3.8, 4) is 0 Å². The molecule has 0 aliphatic rings. The second-order valence-electron chi connectivity index (χ2n) is 4.22. The maximum absolute atomic E-state index is 11.9. The number of halogens is 3. The Kier molecular flexibility index (Phi) is 4.59. The minimum Gasteiger partial charge on any atom is -0.277 e. The quantitative estimate of drug-likeness (QED) is 0.868. The maximum atomic E-state index is 11.9. The van der Waals surface area contributed by atoms with E-state index in [1.165, 1.54) is 4.89 Å². The Bertz CT molecular complexity index is 544. The third-order valence-corrected chi connectivity index (χ3v) is 3.80. The molecule has 8 heteroatoms. The third-order valence-electron chi connectivity index (χ3n) is 2.28. The van der Waals surface area contributed by atoms with Crippen LogP contribution in [-0.4, -0.2) is 21.2 Å². The molecule has 0 amide bonds. The highest BCUT2D eigenvalue weighted by molar-refractivity contribution is 7.89. The molecule has 0 saturated carbocycles. The van der Waals surface area contributed by atoms with Gasteiger partial charge in [0.1, 0.15) is 0 Å². The number of hydrogen-bond donors (Lipinski definition) is 1. The van der Waals surface area contributed by atoms with Gasteiger partial charge in [-0.05, 0) is 31.9 Å². The van der Waals surface area contributed by atoms with Crippen LogP contribution in [0.2, 0.25) is 0 Å². The molecule has 0 unspecified atom stereocenters. The lowest BCUT2D eigenvalue weighted by Gasteiger charge is -2.13.